The predicted octanol–water partition coefficient (Wildman–Crippen LogP) is 2.90. The van der Waals surface area contributed by atoms with Crippen molar-refractivity contribution in [2.75, 3.05) is 17.2 Å². The summed E-state index contributed by atoms with van der Waals surface area (Å²) in [5.74, 6) is -1.51. The van der Waals surface area contributed by atoms with Crippen LogP contribution in [0, 0.1) is 13.8 Å². The molecule has 9 nitrogen and oxygen atoms in total. The Kier molecular flexibility index (Phi) is 6.56. The Morgan fingerprint density at radius 1 is 0.839 bits per heavy atom. The first-order valence-electron chi connectivity index (χ1n) is 9.41. The maximum absolute atomic E-state index is 12.6. The lowest BCUT2D eigenvalue weighted by atomic mass is 10.1. The zero-order chi connectivity index (χ0) is 22.4. The van der Waals surface area contributed by atoms with E-state index in [0.29, 0.717) is 28.5 Å². The molecule has 3 rings (SSSR count). The standard InChI is InChI=1S/C22H21N5O4/c1-13-10-14(2)25-22(24-13)27-18-5-3-4-16(11-18)21(31)26-17-8-6-15(7-9-17)20(30)23-12-19(28)29/h3-11H,12H2,1-2H3,(H,23,30)(H,26,31)(H,28,29)(H,24,25,27). The summed E-state index contributed by atoms with van der Waals surface area (Å²) in [6.45, 7) is 3.30. The predicted molar refractivity (Wildman–Crippen MR) is 116 cm³/mol. The molecule has 0 saturated carbocycles. The first-order valence-corrected chi connectivity index (χ1v) is 9.41. The van der Waals surface area contributed by atoms with Crippen LogP contribution in [0.5, 0.6) is 0 Å². The summed E-state index contributed by atoms with van der Waals surface area (Å²) in [5.41, 5.74) is 3.56. The van der Waals surface area contributed by atoms with Crippen molar-refractivity contribution in [1.29, 1.82) is 0 Å². The quantitative estimate of drug-likeness (QED) is 0.463. The first kappa shape index (κ1) is 21.4. The van der Waals surface area contributed by atoms with Gasteiger partial charge < -0.3 is 21.1 Å². The normalized spacial score (nSPS) is 10.3. The molecule has 158 valence electrons. The summed E-state index contributed by atoms with van der Waals surface area (Å²) in [6, 6.07) is 14.9. The number of carboxylic acid groups (broad SMARTS) is 1. The molecule has 3 aromatic rings. The minimum absolute atomic E-state index is 0.291. The van der Waals surface area contributed by atoms with Crippen molar-refractivity contribution < 1.29 is 19.5 Å². The minimum Gasteiger partial charge on any atom is -0.480 e. The molecular weight excluding hydrogens is 398 g/mol. The summed E-state index contributed by atoms with van der Waals surface area (Å²) in [7, 11) is 0. The second-order valence-electron chi connectivity index (χ2n) is 6.79. The van der Waals surface area contributed by atoms with E-state index in [9.17, 15) is 14.4 Å². The Morgan fingerprint density at radius 3 is 2.16 bits per heavy atom. The van der Waals surface area contributed by atoms with E-state index in [1.807, 2.05) is 26.0 Å². The molecule has 0 saturated heterocycles. The number of rotatable bonds is 7. The van der Waals surface area contributed by atoms with Gasteiger partial charge in [0.25, 0.3) is 11.8 Å². The fourth-order valence-electron chi connectivity index (χ4n) is 2.82. The summed E-state index contributed by atoms with van der Waals surface area (Å²) in [4.78, 5) is 43.6. The Labute approximate surface area is 178 Å². The molecule has 0 bridgehead atoms. The van der Waals surface area contributed by atoms with Crippen molar-refractivity contribution in [3.8, 4) is 0 Å². The van der Waals surface area contributed by atoms with Crippen molar-refractivity contribution in [2.45, 2.75) is 13.8 Å². The molecule has 0 radical (unpaired) electrons. The SMILES string of the molecule is Cc1cc(C)nc(Nc2cccc(C(=O)Nc3ccc(C(=O)NCC(=O)O)cc3)c2)n1. The van der Waals surface area contributed by atoms with Gasteiger partial charge >= 0.3 is 5.97 Å². The molecule has 0 unspecified atom stereocenters. The van der Waals surface area contributed by atoms with Crippen molar-refractivity contribution in [2.24, 2.45) is 0 Å². The lowest BCUT2D eigenvalue weighted by Crippen LogP contribution is -2.29. The third-order valence-electron chi connectivity index (χ3n) is 4.17. The van der Waals surface area contributed by atoms with Gasteiger partial charge in [-0.25, -0.2) is 9.97 Å². The van der Waals surface area contributed by atoms with Gasteiger partial charge in [-0.2, -0.15) is 0 Å². The van der Waals surface area contributed by atoms with Gasteiger partial charge in [-0.3, -0.25) is 14.4 Å². The lowest BCUT2D eigenvalue weighted by molar-refractivity contribution is -0.135. The number of carboxylic acids is 1. The van der Waals surface area contributed by atoms with Crippen LogP contribution >= 0.6 is 0 Å². The van der Waals surface area contributed by atoms with E-state index in [1.165, 1.54) is 12.1 Å². The lowest BCUT2D eigenvalue weighted by Gasteiger charge is -2.10. The molecule has 4 N–H and O–H groups in total. The van der Waals surface area contributed by atoms with Gasteiger partial charge in [0.2, 0.25) is 5.95 Å². The molecular formula is C22H21N5O4. The molecule has 2 amide bonds. The third kappa shape index (κ3) is 6.10. The van der Waals surface area contributed by atoms with Crippen LogP contribution < -0.4 is 16.0 Å². The maximum atomic E-state index is 12.6. The highest BCUT2D eigenvalue weighted by Crippen LogP contribution is 2.17. The van der Waals surface area contributed by atoms with E-state index < -0.39 is 18.4 Å². The molecule has 0 aliphatic heterocycles. The number of amides is 2. The highest BCUT2D eigenvalue weighted by molar-refractivity contribution is 6.05. The maximum Gasteiger partial charge on any atom is 0.322 e. The number of aromatic nitrogens is 2. The van der Waals surface area contributed by atoms with E-state index in [4.69, 9.17) is 5.11 Å². The molecule has 2 aromatic carbocycles. The van der Waals surface area contributed by atoms with E-state index in [1.54, 1.807) is 30.3 Å². The van der Waals surface area contributed by atoms with Crippen LogP contribution in [-0.4, -0.2) is 39.4 Å². The third-order valence-corrected chi connectivity index (χ3v) is 4.17. The van der Waals surface area contributed by atoms with Crippen LogP contribution in [0.1, 0.15) is 32.1 Å². The number of hydrogen-bond acceptors (Lipinski definition) is 6. The highest BCUT2D eigenvalue weighted by Gasteiger charge is 2.10. The van der Waals surface area contributed by atoms with Gasteiger partial charge in [-0.1, -0.05) is 6.07 Å². The van der Waals surface area contributed by atoms with Crippen molar-refractivity contribution in [3.63, 3.8) is 0 Å². The van der Waals surface area contributed by atoms with Crippen LogP contribution in [0.25, 0.3) is 0 Å². The molecule has 0 fully saturated rings. The van der Waals surface area contributed by atoms with Crippen LogP contribution in [0.3, 0.4) is 0 Å². The van der Waals surface area contributed by atoms with E-state index in [-0.39, 0.29) is 5.91 Å². The molecule has 0 spiro atoms. The monoisotopic (exact) mass is 419 g/mol. The molecule has 0 aliphatic carbocycles. The molecule has 31 heavy (non-hydrogen) atoms. The highest BCUT2D eigenvalue weighted by atomic mass is 16.4. The van der Waals surface area contributed by atoms with Crippen LogP contribution in [0.15, 0.2) is 54.6 Å². The molecule has 1 heterocycles. The largest absolute Gasteiger partial charge is 0.480 e. The number of anilines is 3. The topological polar surface area (TPSA) is 133 Å². The van der Waals surface area contributed by atoms with E-state index >= 15 is 0 Å². The van der Waals surface area contributed by atoms with Crippen LogP contribution in [-0.2, 0) is 4.79 Å². The second kappa shape index (κ2) is 9.49. The number of carbonyl (C=O) groups excluding carboxylic acids is 2. The van der Waals surface area contributed by atoms with Gasteiger partial charge in [-0.05, 0) is 62.4 Å². The van der Waals surface area contributed by atoms with Gasteiger partial charge in [0, 0.05) is 33.9 Å². The fourth-order valence-corrected chi connectivity index (χ4v) is 2.82. The van der Waals surface area contributed by atoms with E-state index in [0.717, 1.165) is 11.4 Å². The zero-order valence-corrected chi connectivity index (χ0v) is 17.0. The average Bonchev–Trinajstić information content (AvgIpc) is 2.72. The van der Waals surface area contributed by atoms with Gasteiger partial charge in [-0.15, -0.1) is 0 Å². The Bertz CT molecular complexity index is 1110. The first-order chi connectivity index (χ1) is 14.8. The minimum atomic E-state index is -1.13. The number of benzene rings is 2. The second-order valence-corrected chi connectivity index (χ2v) is 6.79. The molecule has 1 aromatic heterocycles. The van der Waals surface area contributed by atoms with Gasteiger partial charge in [0.05, 0.1) is 0 Å². The molecule has 9 heteroatoms. The summed E-state index contributed by atoms with van der Waals surface area (Å²) >= 11 is 0. The summed E-state index contributed by atoms with van der Waals surface area (Å²) < 4.78 is 0. The van der Waals surface area contributed by atoms with Crippen molar-refractivity contribution in [1.82, 2.24) is 15.3 Å². The summed E-state index contributed by atoms with van der Waals surface area (Å²) in [5, 5.41) is 16.7. The van der Waals surface area contributed by atoms with Crippen molar-refractivity contribution in [3.05, 3.63) is 77.1 Å². The van der Waals surface area contributed by atoms with Crippen LogP contribution in [0.4, 0.5) is 17.3 Å². The zero-order valence-electron chi connectivity index (χ0n) is 17.0. The number of carbonyl (C=O) groups is 3. The Hall–Kier alpha value is -4.27. The number of aliphatic carboxylic acids is 1. The van der Waals surface area contributed by atoms with Crippen molar-refractivity contribution >= 4 is 35.1 Å². The van der Waals surface area contributed by atoms with Crippen LogP contribution in [0.2, 0.25) is 0 Å². The average molecular weight is 419 g/mol. The van der Waals surface area contributed by atoms with Gasteiger partial charge in [0.1, 0.15) is 6.54 Å². The molecule has 0 atom stereocenters. The number of hydrogen-bond donors (Lipinski definition) is 4. The fraction of sp³-hybridized carbons (Fsp3) is 0.136. The number of nitrogens with zero attached hydrogens (tertiary/aromatic N) is 2. The number of aryl methyl sites for hydroxylation is 2. The number of nitrogens with one attached hydrogen (secondary N) is 3. The Balaban J connectivity index is 1.66. The summed E-state index contributed by atoms with van der Waals surface area (Å²) in [6.07, 6.45) is 0. The smallest absolute Gasteiger partial charge is 0.322 e. The molecule has 0 aliphatic rings. The van der Waals surface area contributed by atoms with E-state index in [2.05, 4.69) is 25.9 Å². The Morgan fingerprint density at radius 2 is 1.52 bits per heavy atom. The van der Waals surface area contributed by atoms with Gasteiger partial charge in [0.15, 0.2) is 0 Å².